The number of hydrogen-bond acceptors (Lipinski definition) is 4. The van der Waals surface area contributed by atoms with Gasteiger partial charge >= 0.3 is 0 Å². The Hall–Kier alpha value is -1.65. The zero-order valence-electron chi connectivity index (χ0n) is 11.7. The Bertz CT molecular complexity index is 435. The maximum absolute atomic E-state index is 12.4. The van der Waals surface area contributed by atoms with E-state index in [1.165, 1.54) is 12.7 Å². The normalized spacial score (nSPS) is 19.3. The number of nitrogens with one attached hydrogen (secondary N) is 1. The van der Waals surface area contributed by atoms with E-state index in [2.05, 4.69) is 29.1 Å². The maximum Gasteiger partial charge on any atom is 0.272 e. The molecule has 1 unspecified atom stereocenters. The van der Waals surface area contributed by atoms with Crippen molar-refractivity contribution in [2.45, 2.75) is 33.1 Å². The van der Waals surface area contributed by atoms with Gasteiger partial charge in [0.15, 0.2) is 0 Å². The second-order valence-electron chi connectivity index (χ2n) is 5.21. The first-order valence-electron chi connectivity index (χ1n) is 7.06. The molecule has 0 saturated carbocycles. The third-order valence-electron chi connectivity index (χ3n) is 3.39. The molecule has 2 heterocycles. The summed E-state index contributed by atoms with van der Waals surface area (Å²) in [6.07, 6.45) is 4.77. The van der Waals surface area contributed by atoms with Crippen molar-refractivity contribution >= 4 is 11.7 Å². The van der Waals surface area contributed by atoms with E-state index in [9.17, 15) is 4.79 Å². The van der Waals surface area contributed by atoms with Crippen molar-refractivity contribution in [2.24, 2.45) is 5.92 Å². The number of carbonyl (C=O) groups is 1. The lowest BCUT2D eigenvalue weighted by molar-refractivity contribution is 0.0677. The molecule has 0 spiro atoms. The standard InChI is InChI=1S/C14H22N4O/c1-3-6-15-13-8-12(16-10-17-13)14(19)18-7-4-5-11(2)9-18/h8,10-11H,3-7,9H2,1-2H3,(H,15,16,17). The number of piperidine rings is 1. The molecular weight excluding hydrogens is 240 g/mol. The third-order valence-corrected chi connectivity index (χ3v) is 3.39. The Morgan fingerprint density at radius 1 is 1.53 bits per heavy atom. The van der Waals surface area contributed by atoms with Crippen LogP contribution in [0.15, 0.2) is 12.4 Å². The zero-order chi connectivity index (χ0) is 13.7. The van der Waals surface area contributed by atoms with Gasteiger partial charge < -0.3 is 10.2 Å². The van der Waals surface area contributed by atoms with Crippen molar-refractivity contribution in [3.63, 3.8) is 0 Å². The summed E-state index contributed by atoms with van der Waals surface area (Å²) in [5.41, 5.74) is 0.489. The van der Waals surface area contributed by atoms with Crippen LogP contribution in [0.25, 0.3) is 0 Å². The van der Waals surface area contributed by atoms with Gasteiger partial charge in [-0.2, -0.15) is 0 Å². The first-order valence-corrected chi connectivity index (χ1v) is 7.06. The molecule has 0 bridgehead atoms. The van der Waals surface area contributed by atoms with E-state index >= 15 is 0 Å². The monoisotopic (exact) mass is 262 g/mol. The summed E-state index contributed by atoms with van der Waals surface area (Å²) in [7, 11) is 0. The lowest BCUT2D eigenvalue weighted by atomic mass is 10.00. The molecule has 1 aromatic rings. The molecule has 1 atom stereocenters. The van der Waals surface area contributed by atoms with E-state index in [4.69, 9.17) is 0 Å². The van der Waals surface area contributed by atoms with Crippen molar-refractivity contribution in [1.82, 2.24) is 14.9 Å². The molecule has 1 aliphatic rings. The van der Waals surface area contributed by atoms with Crippen LogP contribution in [-0.2, 0) is 0 Å². The molecule has 1 amide bonds. The summed E-state index contributed by atoms with van der Waals surface area (Å²) < 4.78 is 0. The highest BCUT2D eigenvalue weighted by Gasteiger charge is 2.23. The molecule has 1 N–H and O–H groups in total. The van der Waals surface area contributed by atoms with Crippen LogP contribution in [0, 0.1) is 5.92 Å². The van der Waals surface area contributed by atoms with Gasteiger partial charge in [-0.1, -0.05) is 13.8 Å². The number of amides is 1. The predicted molar refractivity (Wildman–Crippen MR) is 75.1 cm³/mol. The van der Waals surface area contributed by atoms with Gasteiger partial charge in [0.25, 0.3) is 5.91 Å². The number of anilines is 1. The van der Waals surface area contributed by atoms with Gasteiger partial charge in [-0.15, -0.1) is 0 Å². The lowest BCUT2D eigenvalue weighted by Crippen LogP contribution is -2.39. The average Bonchev–Trinajstić information content (AvgIpc) is 2.44. The largest absolute Gasteiger partial charge is 0.370 e. The molecule has 5 heteroatoms. The van der Waals surface area contributed by atoms with Gasteiger partial charge in [-0.3, -0.25) is 4.79 Å². The molecule has 19 heavy (non-hydrogen) atoms. The molecule has 0 aromatic carbocycles. The highest BCUT2D eigenvalue weighted by molar-refractivity contribution is 5.92. The van der Waals surface area contributed by atoms with E-state index in [1.807, 2.05) is 4.90 Å². The van der Waals surface area contributed by atoms with Crippen LogP contribution in [0.5, 0.6) is 0 Å². The fourth-order valence-electron chi connectivity index (χ4n) is 2.36. The topological polar surface area (TPSA) is 58.1 Å². The minimum Gasteiger partial charge on any atom is -0.370 e. The Balaban J connectivity index is 2.05. The first kappa shape index (κ1) is 13.8. The lowest BCUT2D eigenvalue weighted by Gasteiger charge is -2.30. The second-order valence-corrected chi connectivity index (χ2v) is 5.21. The molecule has 0 aliphatic carbocycles. The Kier molecular flexibility index (Phi) is 4.71. The molecule has 1 aliphatic heterocycles. The average molecular weight is 262 g/mol. The van der Waals surface area contributed by atoms with Gasteiger partial charge in [0.05, 0.1) is 0 Å². The zero-order valence-corrected chi connectivity index (χ0v) is 11.7. The van der Waals surface area contributed by atoms with E-state index < -0.39 is 0 Å². The summed E-state index contributed by atoms with van der Waals surface area (Å²) >= 11 is 0. The molecule has 0 radical (unpaired) electrons. The van der Waals surface area contributed by atoms with Crippen molar-refractivity contribution in [2.75, 3.05) is 25.0 Å². The summed E-state index contributed by atoms with van der Waals surface area (Å²) in [5.74, 6) is 1.33. The van der Waals surface area contributed by atoms with E-state index in [0.717, 1.165) is 38.3 Å². The van der Waals surface area contributed by atoms with Crippen LogP contribution in [0.2, 0.25) is 0 Å². The van der Waals surface area contributed by atoms with Crippen LogP contribution in [0.1, 0.15) is 43.6 Å². The minimum absolute atomic E-state index is 0.0218. The molecule has 104 valence electrons. The highest BCUT2D eigenvalue weighted by Crippen LogP contribution is 2.17. The van der Waals surface area contributed by atoms with Gasteiger partial charge in [0.2, 0.25) is 0 Å². The fourth-order valence-corrected chi connectivity index (χ4v) is 2.36. The first-order chi connectivity index (χ1) is 9.20. The quantitative estimate of drug-likeness (QED) is 0.903. The molecule has 1 fully saturated rings. The van der Waals surface area contributed by atoms with E-state index in [0.29, 0.717) is 11.6 Å². The number of nitrogens with zero attached hydrogens (tertiary/aromatic N) is 3. The Morgan fingerprint density at radius 2 is 2.37 bits per heavy atom. The molecule has 5 nitrogen and oxygen atoms in total. The summed E-state index contributed by atoms with van der Waals surface area (Å²) in [6, 6.07) is 1.75. The van der Waals surface area contributed by atoms with Gasteiger partial charge in [-0.25, -0.2) is 9.97 Å². The summed E-state index contributed by atoms with van der Waals surface area (Å²) in [6.45, 7) is 6.81. The Morgan fingerprint density at radius 3 is 3.11 bits per heavy atom. The van der Waals surface area contributed by atoms with Crippen LogP contribution < -0.4 is 5.32 Å². The molecular formula is C14H22N4O. The van der Waals surface area contributed by atoms with Crippen LogP contribution in [0.4, 0.5) is 5.82 Å². The third kappa shape index (κ3) is 3.66. The van der Waals surface area contributed by atoms with Gasteiger partial charge in [0.1, 0.15) is 17.8 Å². The number of carbonyl (C=O) groups excluding carboxylic acids is 1. The fraction of sp³-hybridized carbons (Fsp3) is 0.643. The van der Waals surface area contributed by atoms with Crippen molar-refractivity contribution in [1.29, 1.82) is 0 Å². The maximum atomic E-state index is 12.4. The smallest absolute Gasteiger partial charge is 0.272 e. The molecule has 1 aromatic heterocycles. The number of aromatic nitrogens is 2. The number of hydrogen-bond donors (Lipinski definition) is 1. The van der Waals surface area contributed by atoms with Crippen LogP contribution in [-0.4, -0.2) is 40.4 Å². The summed E-state index contributed by atoms with van der Waals surface area (Å²) in [4.78, 5) is 22.5. The number of likely N-dealkylation sites (tertiary alicyclic amines) is 1. The van der Waals surface area contributed by atoms with Crippen LogP contribution >= 0.6 is 0 Å². The second kappa shape index (κ2) is 6.50. The SMILES string of the molecule is CCCNc1cc(C(=O)N2CCCC(C)C2)ncn1. The van der Waals surface area contributed by atoms with E-state index in [1.54, 1.807) is 6.07 Å². The summed E-state index contributed by atoms with van der Waals surface area (Å²) in [5, 5.41) is 3.18. The van der Waals surface area contributed by atoms with Crippen molar-refractivity contribution in [3.05, 3.63) is 18.1 Å². The Labute approximate surface area is 114 Å². The van der Waals surface area contributed by atoms with Crippen molar-refractivity contribution in [3.8, 4) is 0 Å². The van der Waals surface area contributed by atoms with Crippen LogP contribution in [0.3, 0.4) is 0 Å². The van der Waals surface area contributed by atoms with E-state index in [-0.39, 0.29) is 5.91 Å². The van der Waals surface area contributed by atoms with Gasteiger partial charge in [0, 0.05) is 25.7 Å². The molecule has 2 rings (SSSR count). The van der Waals surface area contributed by atoms with Gasteiger partial charge in [-0.05, 0) is 25.2 Å². The molecule has 1 saturated heterocycles. The predicted octanol–water partition coefficient (Wildman–Crippen LogP) is 2.17. The number of rotatable bonds is 4. The van der Waals surface area contributed by atoms with Crippen molar-refractivity contribution < 1.29 is 4.79 Å². The minimum atomic E-state index is 0.0218. The highest BCUT2D eigenvalue weighted by atomic mass is 16.2.